The molecule has 4 nitrogen and oxygen atoms in total. The van der Waals surface area contributed by atoms with Crippen LogP contribution >= 0.6 is 11.3 Å². The molecular formula is C51H31N3OS. The van der Waals surface area contributed by atoms with E-state index in [-0.39, 0.29) is 69.8 Å². The second-order valence-electron chi connectivity index (χ2n) is 13.5. The minimum atomic E-state index is -0.290. The fourth-order valence-corrected chi connectivity index (χ4v) is 8.24. The highest BCUT2D eigenvalue weighted by atomic mass is 32.1. The summed E-state index contributed by atoms with van der Waals surface area (Å²) in [6.07, 6.45) is 0. The highest BCUT2D eigenvalue weighted by Crippen LogP contribution is 2.41. The van der Waals surface area contributed by atoms with Gasteiger partial charge in [-0.2, -0.15) is 0 Å². The van der Waals surface area contributed by atoms with Gasteiger partial charge in [0.05, 0.1) is 13.8 Å². The van der Waals surface area contributed by atoms with Gasteiger partial charge in [-0.15, -0.1) is 11.3 Å². The van der Waals surface area contributed by atoms with Crippen LogP contribution < -0.4 is 0 Å². The van der Waals surface area contributed by atoms with Gasteiger partial charge < -0.3 is 4.42 Å². The minimum absolute atomic E-state index is 0.0171. The van der Waals surface area contributed by atoms with Crippen LogP contribution in [0.1, 0.15) is 8.22 Å². The Labute approximate surface area is 335 Å². The summed E-state index contributed by atoms with van der Waals surface area (Å²) in [5, 5.41) is 2.31. The van der Waals surface area contributed by atoms with E-state index in [0.29, 0.717) is 37.5 Å². The molecule has 0 atom stereocenters. The Morgan fingerprint density at radius 2 is 0.893 bits per heavy atom. The van der Waals surface area contributed by atoms with E-state index >= 15 is 0 Å². The van der Waals surface area contributed by atoms with E-state index in [4.69, 9.17) is 22.1 Å². The van der Waals surface area contributed by atoms with Crippen LogP contribution in [0.15, 0.2) is 192 Å². The maximum absolute atomic E-state index is 9.66. The van der Waals surface area contributed by atoms with E-state index < -0.39 is 0 Å². The van der Waals surface area contributed by atoms with Crippen molar-refractivity contribution >= 4 is 53.4 Å². The number of nitrogens with zero attached hydrogens (tertiary/aromatic N) is 3. The van der Waals surface area contributed by atoms with Crippen LogP contribution in [0.4, 0.5) is 0 Å². The molecule has 0 saturated heterocycles. The molecule has 0 fully saturated rings. The van der Waals surface area contributed by atoms with Crippen LogP contribution in [0, 0.1) is 0 Å². The third-order valence-corrected chi connectivity index (χ3v) is 11.1. The summed E-state index contributed by atoms with van der Waals surface area (Å²) in [6, 6.07) is 48.1. The van der Waals surface area contributed by atoms with Crippen molar-refractivity contribution in [1.29, 1.82) is 0 Å². The standard InChI is InChI=1S/C51H31N3OS/c1-4-12-32(13-5-1)34-22-24-36(25-23-34)49-52-50(38-26-28-40-44-30-37(33-14-6-2-7-15-33)27-29-45(44)56-46(40)31-38)54-51(53-49)43-21-11-20-42-41-19-10-18-39(47(41)55-48(42)43)35-16-8-3-9-17-35/h1-31H/i26D,27D,28D,29D,30D,31D. The molecule has 0 N–H and O–H groups in total. The van der Waals surface area contributed by atoms with Gasteiger partial charge in [-0.05, 0) is 52.0 Å². The second-order valence-corrected chi connectivity index (χ2v) is 14.5. The molecule has 0 aliphatic rings. The molecule has 3 heterocycles. The maximum Gasteiger partial charge on any atom is 0.167 e. The van der Waals surface area contributed by atoms with Crippen LogP contribution in [0.25, 0.3) is 110 Å². The smallest absolute Gasteiger partial charge is 0.167 e. The molecular weight excluding hydrogens is 703 g/mol. The Bertz CT molecular complexity index is 3580. The van der Waals surface area contributed by atoms with Crippen LogP contribution in [0.2, 0.25) is 0 Å². The molecule has 8 aromatic carbocycles. The average molecular weight is 740 g/mol. The third-order valence-electron chi connectivity index (χ3n) is 10.0. The monoisotopic (exact) mass is 739 g/mol. The zero-order valence-electron chi connectivity index (χ0n) is 35.6. The fraction of sp³-hybridized carbons (Fsp3) is 0. The highest BCUT2D eigenvalue weighted by molar-refractivity contribution is 7.25. The fourth-order valence-electron chi connectivity index (χ4n) is 7.27. The summed E-state index contributed by atoms with van der Waals surface area (Å²) in [6.45, 7) is 0. The Balaban J connectivity index is 1.16. The van der Waals surface area contributed by atoms with Gasteiger partial charge in [0, 0.05) is 47.6 Å². The number of hydrogen-bond donors (Lipinski definition) is 0. The molecule has 0 radical (unpaired) electrons. The van der Waals surface area contributed by atoms with Crippen LogP contribution in [0.3, 0.4) is 0 Å². The predicted molar refractivity (Wildman–Crippen MR) is 233 cm³/mol. The van der Waals surface area contributed by atoms with Gasteiger partial charge in [0.25, 0.3) is 0 Å². The van der Waals surface area contributed by atoms with Crippen molar-refractivity contribution in [2.45, 2.75) is 0 Å². The Morgan fingerprint density at radius 3 is 1.59 bits per heavy atom. The molecule has 0 aliphatic carbocycles. The number of benzene rings is 8. The lowest BCUT2D eigenvalue weighted by Gasteiger charge is -2.10. The van der Waals surface area contributed by atoms with Crippen molar-refractivity contribution in [3.05, 3.63) is 188 Å². The number of para-hydroxylation sites is 2. The molecule has 0 amide bonds. The van der Waals surface area contributed by atoms with Gasteiger partial charge in [0.15, 0.2) is 17.5 Å². The summed E-state index contributed by atoms with van der Waals surface area (Å²) in [7, 11) is 0. The molecule has 3 aromatic heterocycles. The molecule has 56 heavy (non-hydrogen) atoms. The number of hydrogen-bond acceptors (Lipinski definition) is 5. The number of furan rings is 1. The van der Waals surface area contributed by atoms with Crippen LogP contribution in [0.5, 0.6) is 0 Å². The van der Waals surface area contributed by atoms with Gasteiger partial charge in [-0.3, -0.25) is 0 Å². The maximum atomic E-state index is 9.66. The summed E-state index contributed by atoms with van der Waals surface area (Å²) >= 11 is 1.08. The molecule has 0 unspecified atom stereocenters. The van der Waals surface area contributed by atoms with E-state index in [9.17, 15) is 5.48 Å². The van der Waals surface area contributed by atoms with E-state index in [2.05, 4.69) is 0 Å². The Kier molecular flexibility index (Phi) is 6.29. The quantitative estimate of drug-likeness (QED) is 0.170. The molecule has 11 aromatic rings. The molecule has 0 aliphatic heterocycles. The first kappa shape index (κ1) is 26.5. The predicted octanol–water partition coefficient (Wildman–Crippen LogP) is 14.1. The highest BCUT2D eigenvalue weighted by Gasteiger charge is 2.20. The van der Waals surface area contributed by atoms with Gasteiger partial charge in [0.2, 0.25) is 0 Å². The first-order valence-electron chi connectivity index (χ1n) is 21.2. The molecule has 0 saturated carbocycles. The lowest BCUT2D eigenvalue weighted by atomic mass is 10.0. The second kappa shape index (κ2) is 13.3. The lowest BCUT2D eigenvalue weighted by molar-refractivity contribution is 0.670. The molecule has 262 valence electrons. The van der Waals surface area contributed by atoms with Gasteiger partial charge in [-0.1, -0.05) is 164 Å². The van der Waals surface area contributed by atoms with Gasteiger partial charge >= 0.3 is 0 Å². The van der Waals surface area contributed by atoms with E-state index in [0.717, 1.165) is 49.9 Å². The van der Waals surface area contributed by atoms with Crippen molar-refractivity contribution in [3.8, 4) is 67.5 Å². The van der Waals surface area contributed by atoms with Crippen molar-refractivity contribution in [1.82, 2.24) is 15.0 Å². The summed E-state index contributed by atoms with van der Waals surface area (Å²) in [5.41, 5.74) is 7.48. The normalized spacial score (nSPS) is 13.1. The summed E-state index contributed by atoms with van der Waals surface area (Å²) in [4.78, 5) is 14.9. The summed E-state index contributed by atoms with van der Waals surface area (Å²) in [5.74, 6) is 0.595. The van der Waals surface area contributed by atoms with Crippen molar-refractivity contribution in [3.63, 3.8) is 0 Å². The van der Waals surface area contributed by atoms with Crippen molar-refractivity contribution in [2.75, 3.05) is 0 Å². The zero-order chi connectivity index (χ0) is 42.2. The van der Waals surface area contributed by atoms with Gasteiger partial charge in [0.1, 0.15) is 11.2 Å². The first-order chi connectivity index (χ1) is 30.3. The molecule has 5 heteroatoms. The van der Waals surface area contributed by atoms with E-state index in [1.54, 1.807) is 12.1 Å². The molecule has 11 rings (SSSR count). The van der Waals surface area contributed by atoms with Crippen LogP contribution in [-0.2, 0) is 0 Å². The summed E-state index contributed by atoms with van der Waals surface area (Å²) < 4.78 is 63.2. The largest absolute Gasteiger partial charge is 0.455 e. The van der Waals surface area contributed by atoms with Gasteiger partial charge in [-0.25, -0.2) is 15.0 Å². The SMILES string of the molecule is [2H]c1c(-c2ccccc2)c([2H])c2c(sc3c([2H])c(-c4nc(-c5ccc(-c6ccccc6)cc5)nc(-c5cccc6c5oc5c(-c7ccccc7)cccc56)n4)c([2H])c([2H])c32)c1[2H]. The average Bonchev–Trinajstić information content (AvgIpc) is 3.92. The zero-order valence-corrected chi connectivity index (χ0v) is 30.4. The Morgan fingerprint density at radius 1 is 0.357 bits per heavy atom. The minimum Gasteiger partial charge on any atom is -0.455 e. The van der Waals surface area contributed by atoms with Crippen molar-refractivity contribution in [2.24, 2.45) is 0 Å². The lowest BCUT2D eigenvalue weighted by Crippen LogP contribution is -2.00. The number of aromatic nitrogens is 3. The number of thiophene rings is 1. The first-order valence-corrected chi connectivity index (χ1v) is 19.0. The molecule has 0 bridgehead atoms. The van der Waals surface area contributed by atoms with Crippen LogP contribution in [-0.4, -0.2) is 15.0 Å². The van der Waals surface area contributed by atoms with E-state index in [1.165, 1.54) is 0 Å². The van der Waals surface area contributed by atoms with E-state index in [1.807, 2.05) is 140 Å². The third kappa shape index (κ3) is 5.56. The number of fused-ring (bicyclic) bond motifs is 6. The topological polar surface area (TPSA) is 51.8 Å². The molecule has 0 spiro atoms. The van der Waals surface area contributed by atoms with Crippen molar-refractivity contribution < 1.29 is 12.6 Å². The number of rotatable bonds is 6. The Hall–Kier alpha value is -7.21.